The second-order valence-electron chi connectivity index (χ2n) is 4.54. The summed E-state index contributed by atoms with van der Waals surface area (Å²) >= 11 is 0. The Morgan fingerprint density at radius 3 is 2.35 bits per heavy atom. The first-order chi connectivity index (χ1) is 10.6. The fourth-order valence-electron chi connectivity index (χ4n) is 1.50. The average molecular weight is 343 g/mol. The van der Waals surface area contributed by atoms with Gasteiger partial charge in [0.2, 0.25) is 10.0 Å². The molecular weight excluding hydrogens is 326 g/mol. The van der Waals surface area contributed by atoms with Crippen LogP contribution in [-0.4, -0.2) is 45.7 Å². The van der Waals surface area contributed by atoms with Gasteiger partial charge in [0.1, 0.15) is 0 Å². The third-order valence-corrected chi connectivity index (χ3v) is 3.15. The van der Waals surface area contributed by atoms with Crippen molar-refractivity contribution in [1.82, 2.24) is 10.6 Å². The molecule has 1 aromatic rings. The first-order valence-electron chi connectivity index (χ1n) is 6.44. The third-order valence-electron chi connectivity index (χ3n) is 2.56. The molecule has 23 heavy (non-hydrogen) atoms. The minimum absolute atomic E-state index is 0.0268. The summed E-state index contributed by atoms with van der Waals surface area (Å²) in [6.45, 7) is 1.28. The first-order valence-corrected chi connectivity index (χ1v) is 8.33. The Bertz CT molecular complexity index is 716. The van der Waals surface area contributed by atoms with Crippen molar-refractivity contribution in [1.29, 1.82) is 0 Å². The molecule has 0 aliphatic heterocycles. The molecule has 0 aromatic heterocycles. The zero-order valence-electron chi connectivity index (χ0n) is 12.7. The van der Waals surface area contributed by atoms with Gasteiger partial charge in [0.05, 0.1) is 17.5 Å². The minimum Gasteiger partial charge on any atom is -0.449 e. The van der Waals surface area contributed by atoms with Crippen molar-refractivity contribution >= 4 is 33.6 Å². The lowest BCUT2D eigenvalue weighted by atomic mass is 10.2. The average Bonchev–Trinajstić information content (AvgIpc) is 2.45. The highest BCUT2D eigenvalue weighted by molar-refractivity contribution is 7.92. The molecule has 9 nitrogen and oxygen atoms in total. The summed E-state index contributed by atoms with van der Waals surface area (Å²) in [6.07, 6.45) is -0.305. The van der Waals surface area contributed by atoms with E-state index in [1.54, 1.807) is 0 Å². The Labute approximate surface area is 133 Å². The number of para-hydroxylation sites is 1. The number of carbonyl (C=O) groups excluding carboxylic acids is 3. The van der Waals surface area contributed by atoms with Crippen molar-refractivity contribution in [2.24, 2.45) is 0 Å². The van der Waals surface area contributed by atoms with Crippen molar-refractivity contribution in [3.05, 3.63) is 29.8 Å². The highest BCUT2D eigenvalue weighted by atomic mass is 32.2. The van der Waals surface area contributed by atoms with Crippen molar-refractivity contribution < 1.29 is 27.5 Å². The van der Waals surface area contributed by atoms with Crippen LogP contribution in [0.4, 0.5) is 10.5 Å². The molecule has 126 valence electrons. The van der Waals surface area contributed by atoms with Crippen molar-refractivity contribution in [3.63, 3.8) is 0 Å². The Balaban J connectivity index is 2.86. The van der Waals surface area contributed by atoms with E-state index in [9.17, 15) is 22.8 Å². The minimum atomic E-state index is -3.59. The van der Waals surface area contributed by atoms with Crippen LogP contribution >= 0.6 is 0 Å². The summed E-state index contributed by atoms with van der Waals surface area (Å²) in [5.74, 6) is -1.72. The van der Waals surface area contributed by atoms with Crippen LogP contribution in [0.5, 0.6) is 0 Å². The number of urea groups is 1. The topological polar surface area (TPSA) is 131 Å². The number of imide groups is 1. The third kappa shape index (κ3) is 5.94. The van der Waals surface area contributed by atoms with E-state index in [-0.39, 0.29) is 11.3 Å². The molecule has 0 saturated heterocycles. The summed E-state index contributed by atoms with van der Waals surface area (Å²) < 4.78 is 29.7. The summed E-state index contributed by atoms with van der Waals surface area (Å²) in [4.78, 5) is 34.7. The first kappa shape index (κ1) is 18.4. The predicted octanol–water partition coefficient (Wildman–Crippen LogP) is 0.0590. The molecule has 3 N–H and O–H groups in total. The number of anilines is 1. The van der Waals surface area contributed by atoms with Gasteiger partial charge in [-0.25, -0.2) is 18.0 Å². The highest BCUT2D eigenvalue weighted by Crippen LogP contribution is 2.18. The molecule has 0 heterocycles. The van der Waals surface area contributed by atoms with Crippen LogP contribution in [0, 0.1) is 0 Å². The summed E-state index contributed by atoms with van der Waals surface area (Å²) in [5, 5.41) is 4.14. The molecule has 1 aromatic carbocycles. The fourth-order valence-corrected chi connectivity index (χ4v) is 2.08. The van der Waals surface area contributed by atoms with Crippen LogP contribution in [-0.2, 0) is 19.6 Å². The number of esters is 1. The normalized spacial score (nSPS) is 12.0. The Morgan fingerprint density at radius 2 is 1.78 bits per heavy atom. The maximum absolute atomic E-state index is 12.1. The van der Waals surface area contributed by atoms with Crippen LogP contribution in [0.3, 0.4) is 0 Å². The van der Waals surface area contributed by atoms with Gasteiger partial charge >= 0.3 is 12.0 Å². The molecule has 1 rings (SSSR count). The number of rotatable bonds is 5. The van der Waals surface area contributed by atoms with Gasteiger partial charge in [-0.3, -0.25) is 14.8 Å². The summed E-state index contributed by atoms with van der Waals surface area (Å²) in [5.41, 5.74) is -0.0311. The summed E-state index contributed by atoms with van der Waals surface area (Å²) in [7, 11) is -2.26. The molecule has 3 amide bonds. The summed E-state index contributed by atoms with van der Waals surface area (Å²) in [6, 6.07) is 5.04. The van der Waals surface area contributed by atoms with E-state index in [0.29, 0.717) is 0 Å². The van der Waals surface area contributed by atoms with E-state index < -0.39 is 34.0 Å². The Kier molecular flexibility index (Phi) is 6.08. The SMILES string of the molecule is CNC(=O)NC(=O)C(C)OC(=O)c1ccccc1NS(C)(=O)=O. The van der Waals surface area contributed by atoms with Gasteiger partial charge < -0.3 is 10.1 Å². The molecule has 1 unspecified atom stereocenters. The zero-order chi connectivity index (χ0) is 17.6. The van der Waals surface area contributed by atoms with Crippen molar-refractivity contribution in [3.8, 4) is 0 Å². The van der Waals surface area contributed by atoms with Crippen molar-refractivity contribution in [2.45, 2.75) is 13.0 Å². The van der Waals surface area contributed by atoms with Crippen LogP contribution < -0.4 is 15.4 Å². The molecule has 0 bridgehead atoms. The lowest BCUT2D eigenvalue weighted by Crippen LogP contribution is -2.43. The molecule has 0 spiro atoms. The number of hydrogen-bond donors (Lipinski definition) is 3. The lowest BCUT2D eigenvalue weighted by Gasteiger charge is -2.14. The van der Waals surface area contributed by atoms with Crippen LogP contribution in [0.2, 0.25) is 0 Å². The van der Waals surface area contributed by atoms with Gasteiger partial charge in [-0.1, -0.05) is 12.1 Å². The smallest absolute Gasteiger partial charge is 0.341 e. The van der Waals surface area contributed by atoms with Crippen LogP contribution in [0.25, 0.3) is 0 Å². The van der Waals surface area contributed by atoms with Gasteiger partial charge in [-0.15, -0.1) is 0 Å². The maximum atomic E-state index is 12.1. The number of carbonyl (C=O) groups is 3. The molecular formula is C13H17N3O6S. The van der Waals surface area contributed by atoms with E-state index in [1.165, 1.54) is 38.2 Å². The van der Waals surface area contributed by atoms with Crippen LogP contribution in [0.1, 0.15) is 17.3 Å². The van der Waals surface area contributed by atoms with Gasteiger partial charge in [-0.2, -0.15) is 0 Å². The highest BCUT2D eigenvalue weighted by Gasteiger charge is 2.22. The number of amides is 3. The van der Waals surface area contributed by atoms with Gasteiger partial charge in [0, 0.05) is 7.05 Å². The van der Waals surface area contributed by atoms with E-state index in [2.05, 4.69) is 10.0 Å². The zero-order valence-corrected chi connectivity index (χ0v) is 13.6. The van der Waals surface area contributed by atoms with E-state index >= 15 is 0 Å². The van der Waals surface area contributed by atoms with Gasteiger partial charge in [-0.05, 0) is 19.1 Å². The van der Waals surface area contributed by atoms with Gasteiger partial charge in [0.25, 0.3) is 5.91 Å². The molecule has 0 fully saturated rings. The Hall–Kier alpha value is -2.62. The fraction of sp³-hybridized carbons (Fsp3) is 0.308. The number of nitrogens with one attached hydrogen (secondary N) is 3. The number of hydrogen-bond acceptors (Lipinski definition) is 6. The van der Waals surface area contributed by atoms with E-state index in [4.69, 9.17) is 4.74 Å². The molecule has 10 heteroatoms. The van der Waals surface area contributed by atoms with E-state index in [1.807, 2.05) is 5.32 Å². The predicted molar refractivity (Wildman–Crippen MR) is 82.4 cm³/mol. The second kappa shape index (κ2) is 7.58. The van der Waals surface area contributed by atoms with Crippen LogP contribution in [0.15, 0.2) is 24.3 Å². The lowest BCUT2D eigenvalue weighted by molar-refractivity contribution is -0.127. The number of sulfonamides is 1. The quantitative estimate of drug-likeness (QED) is 0.648. The standard InChI is InChI=1S/C13H17N3O6S/c1-8(11(17)15-13(19)14-2)22-12(18)9-6-4-5-7-10(9)16-23(3,20)21/h4-8,16H,1-3H3,(H2,14,15,17,19). The monoisotopic (exact) mass is 343 g/mol. The number of ether oxygens (including phenoxy) is 1. The van der Waals surface area contributed by atoms with Gasteiger partial charge in [0.15, 0.2) is 6.10 Å². The van der Waals surface area contributed by atoms with Crippen molar-refractivity contribution in [2.75, 3.05) is 18.0 Å². The molecule has 0 aliphatic rings. The second-order valence-corrected chi connectivity index (χ2v) is 6.28. The molecule has 1 atom stereocenters. The molecule has 0 radical (unpaired) electrons. The molecule has 0 aliphatic carbocycles. The number of benzene rings is 1. The maximum Gasteiger partial charge on any atom is 0.341 e. The van der Waals surface area contributed by atoms with E-state index in [0.717, 1.165) is 6.26 Å². The molecule has 0 saturated carbocycles. The largest absolute Gasteiger partial charge is 0.449 e. The Morgan fingerprint density at radius 1 is 1.17 bits per heavy atom.